The number of aromatic amines is 2. The van der Waals surface area contributed by atoms with Gasteiger partial charge in [-0.25, -0.2) is 32.8 Å². The second-order valence-corrected chi connectivity index (χ2v) is 26.2. The van der Waals surface area contributed by atoms with Crippen LogP contribution in [0.4, 0.5) is 11.8 Å². The number of imidazole rings is 2. The molecular weight excluding hydrogens is 1170 g/mol. The van der Waals surface area contributed by atoms with E-state index >= 15 is 0 Å². The summed E-state index contributed by atoms with van der Waals surface area (Å²) in [5.41, 5.74) is 11.1. The molecule has 448 valence electrons. The van der Waals surface area contributed by atoms with Gasteiger partial charge in [-0.15, -0.1) is 0 Å². The van der Waals surface area contributed by atoms with E-state index in [0.717, 1.165) is 29.5 Å². The molecule has 4 aliphatic rings. The number of amides is 1. The molecule has 3 fully saturated rings. The molecule has 4 aromatic rings. The number of phosphoric acid groups is 2. The predicted octanol–water partition coefficient (Wildman–Crippen LogP) is -2.33. The summed E-state index contributed by atoms with van der Waals surface area (Å²) in [6.07, 6.45) is -14.4. The van der Waals surface area contributed by atoms with Crippen molar-refractivity contribution < 1.29 is 104 Å². The summed E-state index contributed by atoms with van der Waals surface area (Å²) < 4.78 is 108. The van der Waals surface area contributed by atoms with Crippen LogP contribution in [0.15, 0.2) is 49.9 Å². The number of anilines is 1. The molecule has 1 amide bonds. The summed E-state index contributed by atoms with van der Waals surface area (Å²) in [6.45, 7) is -1.08. The van der Waals surface area contributed by atoms with Crippen LogP contribution in [0.1, 0.15) is 50.6 Å². The van der Waals surface area contributed by atoms with Crippen molar-refractivity contribution >= 4 is 71.6 Å². The highest BCUT2D eigenvalue weighted by atomic mass is 31.3. The predicted molar refractivity (Wildman–Crippen MR) is 274 cm³/mol. The normalized spacial score (nSPS) is 29.7. The quantitative estimate of drug-likeness (QED) is 0.0274. The lowest BCUT2D eigenvalue weighted by Crippen LogP contribution is -2.45. The van der Waals surface area contributed by atoms with Crippen LogP contribution in [-0.2, 0) is 71.5 Å². The molecule has 0 bridgehead atoms. The summed E-state index contributed by atoms with van der Waals surface area (Å²) in [4.78, 5) is 112. The number of aromatic nitrogens is 8. The number of hydrogen-bond donors (Lipinski definition) is 11. The summed E-state index contributed by atoms with van der Waals surface area (Å²) in [7, 11) is -16.0. The van der Waals surface area contributed by atoms with E-state index in [0.29, 0.717) is 18.5 Å². The number of nitrogens with two attached hydrogens (primary N) is 2. The number of rotatable bonds is 23. The second kappa shape index (κ2) is 24.3. The number of fused-ring (bicyclic) bond motifs is 2. The zero-order valence-corrected chi connectivity index (χ0v) is 47.1. The van der Waals surface area contributed by atoms with Gasteiger partial charge < -0.3 is 74.7 Å². The minimum absolute atomic E-state index is 0.0162. The Morgan fingerprint density at radius 3 is 2.21 bits per heavy atom. The Bertz CT molecular complexity index is 3460. The number of aryl methyl sites for hydroxylation is 1. The number of methoxy groups -OCH3 is 1. The van der Waals surface area contributed by atoms with Gasteiger partial charge in [-0.05, 0) is 12.0 Å². The third kappa shape index (κ3) is 13.7. The number of nitrogen functional groups attached to an aromatic ring is 1. The zero-order chi connectivity index (χ0) is 59.3. The molecule has 3 saturated heterocycles. The average Bonchev–Trinajstić information content (AvgIpc) is 4.39. The van der Waals surface area contributed by atoms with Crippen molar-refractivity contribution in [2.75, 3.05) is 59.1 Å². The van der Waals surface area contributed by atoms with Gasteiger partial charge in [0.15, 0.2) is 24.6 Å². The van der Waals surface area contributed by atoms with Gasteiger partial charge in [0, 0.05) is 58.4 Å². The third-order valence-corrected chi connectivity index (χ3v) is 19.4. The molecule has 4 aliphatic heterocycles. The first kappa shape index (κ1) is 62.1. The number of aliphatic imine (C=N–C) groups is 1. The first-order valence-corrected chi connectivity index (χ1v) is 31.0. The van der Waals surface area contributed by atoms with E-state index in [1.54, 1.807) is 6.21 Å². The van der Waals surface area contributed by atoms with Gasteiger partial charge in [-0.1, -0.05) is 11.9 Å². The molecule has 13 N–H and O–H groups in total. The van der Waals surface area contributed by atoms with Crippen LogP contribution < -0.4 is 32.8 Å². The van der Waals surface area contributed by atoms with E-state index in [-0.39, 0.29) is 35.0 Å². The van der Waals surface area contributed by atoms with Crippen LogP contribution in [-0.4, -0.2) is 188 Å². The van der Waals surface area contributed by atoms with Crippen molar-refractivity contribution in [1.82, 2.24) is 38.5 Å². The fourth-order valence-electron chi connectivity index (χ4n) is 9.41. The monoisotopic (exact) mass is 1230 g/mol. The fourth-order valence-corrected chi connectivity index (χ4v) is 15.0. The average molecular weight is 1230 g/mol. The number of ether oxygens (including phenoxy) is 4. The molecule has 0 radical (unpaired) electrons. The molecule has 40 heteroatoms. The molecule has 36 nitrogen and oxygen atoms in total. The summed E-state index contributed by atoms with van der Waals surface area (Å²) in [6, 6.07) is 0.939. The molecule has 4 aromatic heterocycles. The van der Waals surface area contributed by atoms with Gasteiger partial charge in [0.05, 0.1) is 57.3 Å². The summed E-state index contributed by atoms with van der Waals surface area (Å²) in [5, 5.41) is 32.9. The van der Waals surface area contributed by atoms with Crippen molar-refractivity contribution in [2.45, 2.75) is 93.7 Å². The Morgan fingerprint density at radius 1 is 0.864 bits per heavy atom. The van der Waals surface area contributed by atoms with Gasteiger partial charge in [-0.2, -0.15) is 0 Å². The SMILES string of the molecule is CCC1=C(N)c2ncn([C@@H]3OC(COP(=O)(O)OP(=O)(O)CCP(=O)(O)OC[C@H]4O[C@@H]([n+]5cn(C)c6c(=O)[nH]c(N)nc65)[C@H](O)[C@@H]4CC(=O)N(C)C)[C@@H](OP(=O)(O)OC[C@H]4O[C@@H](n5ccc(=O)[nH]c5=O)[C@H](O)[C@@H]4O)[C@H]3OC)c2N=CC1. The van der Waals surface area contributed by atoms with Crippen LogP contribution in [0, 0.1) is 5.92 Å². The molecule has 16 atom stereocenters. The minimum atomic E-state index is -5.75. The van der Waals surface area contributed by atoms with Crippen LogP contribution in [0.3, 0.4) is 0 Å². The maximum absolute atomic E-state index is 13.7. The van der Waals surface area contributed by atoms with E-state index in [9.17, 15) is 72.3 Å². The fraction of sp³-hybridized carbons (Fsp3) is 0.610. The second-order valence-electron chi connectivity index (χ2n) is 19.2. The first-order chi connectivity index (χ1) is 37.9. The third-order valence-electron chi connectivity index (χ3n) is 13.6. The van der Waals surface area contributed by atoms with Crippen molar-refractivity contribution in [1.29, 1.82) is 0 Å². The lowest BCUT2D eigenvalue weighted by atomic mass is 9.94. The zero-order valence-electron chi connectivity index (χ0n) is 43.6. The Labute approximate surface area is 456 Å². The number of nitrogens with one attached hydrogen (secondary N) is 2. The number of carbonyl (C=O) groups excluding carboxylic acids is 1. The standard InChI is InChI=1S/C41H60N12O24P4/c1-6-19-7-9-44-34-27(26(19)42)45-17-52(34)39-33(69-5)32(76-80(65,66)71-15-22-30(57)31(58)38(74-22)51-10-8-24(54)46-41(51)60)23(75-39)16-72-81(67,68)77-79(63,64)12-11-78(61,62)70-14-21-20(13-25(55)49(2)3)29(56)37(73-21)53-18-50(4)28-35(53)47-40(43)48-36(28)59/h8-10,17-18,20-23,29-33,37-39,56-58H,6-7,11-16,42H2,1-5H3,(H7-,43,46,47,48,54,59,60,61,62,63,64,65,66,67,68)/p+1/t20-,21-,22-,23?,29-,30-,31-,32-,33-,37-,38-,39-/m1/s1. The van der Waals surface area contributed by atoms with E-state index in [2.05, 4.69) is 24.3 Å². The van der Waals surface area contributed by atoms with Crippen LogP contribution in [0.2, 0.25) is 0 Å². The van der Waals surface area contributed by atoms with Crippen molar-refractivity contribution in [3.8, 4) is 0 Å². The molecule has 0 saturated carbocycles. The van der Waals surface area contributed by atoms with Gasteiger partial charge in [-0.3, -0.25) is 60.8 Å². The van der Waals surface area contributed by atoms with Crippen molar-refractivity contribution in [2.24, 2.45) is 23.7 Å². The van der Waals surface area contributed by atoms with Crippen molar-refractivity contribution in [3.63, 3.8) is 0 Å². The molecule has 8 heterocycles. The number of aliphatic hydroxyl groups is 3. The highest BCUT2D eigenvalue weighted by Crippen LogP contribution is 2.62. The molecule has 0 aliphatic carbocycles. The van der Waals surface area contributed by atoms with E-state index in [1.165, 1.54) is 52.4 Å². The number of hydrogen-bond acceptors (Lipinski definition) is 25. The van der Waals surface area contributed by atoms with Crippen LogP contribution in [0.25, 0.3) is 16.9 Å². The summed E-state index contributed by atoms with van der Waals surface area (Å²) >= 11 is 0. The maximum Gasteiger partial charge on any atom is 0.479 e. The Balaban J connectivity index is 0.944. The van der Waals surface area contributed by atoms with Gasteiger partial charge in [0.2, 0.25) is 17.7 Å². The smallest absolute Gasteiger partial charge is 0.397 e. The number of phosphoric ester groups is 2. The molecule has 8 rings (SSSR count). The van der Waals surface area contributed by atoms with Crippen molar-refractivity contribution in [3.05, 3.63) is 67.4 Å². The highest BCUT2D eigenvalue weighted by Gasteiger charge is 2.54. The molecule has 81 heavy (non-hydrogen) atoms. The van der Waals surface area contributed by atoms with Gasteiger partial charge >= 0.3 is 42.2 Å². The van der Waals surface area contributed by atoms with Crippen LogP contribution >= 0.6 is 30.8 Å². The number of allylic oxidation sites excluding steroid dienone is 1. The Morgan fingerprint density at radius 2 is 1.53 bits per heavy atom. The molecule has 0 aromatic carbocycles. The lowest BCUT2D eigenvalue weighted by molar-refractivity contribution is -0.745. The van der Waals surface area contributed by atoms with Gasteiger partial charge in [0.1, 0.15) is 48.4 Å². The van der Waals surface area contributed by atoms with E-state index in [4.69, 9.17) is 48.5 Å². The largest absolute Gasteiger partial charge is 0.479 e. The molecular formula is C41H61N12O24P4+. The lowest BCUT2D eigenvalue weighted by Gasteiger charge is -2.26. The first-order valence-electron chi connectivity index (χ1n) is 24.4. The molecule has 0 spiro atoms. The Kier molecular flexibility index (Phi) is 18.6. The highest BCUT2D eigenvalue weighted by molar-refractivity contribution is 7.64. The molecule has 5 unspecified atom stereocenters. The maximum atomic E-state index is 13.7. The number of nitrogens with zero attached hydrogens (tertiary/aromatic N) is 8. The number of H-pyrrole nitrogens is 2. The number of aliphatic hydroxyl groups excluding tert-OH is 3. The number of carbonyl (C=O) groups is 1. The topological polar surface area (TPSA) is 505 Å². The minimum Gasteiger partial charge on any atom is -0.397 e. The van der Waals surface area contributed by atoms with E-state index in [1.807, 2.05) is 11.9 Å². The van der Waals surface area contributed by atoms with E-state index < -0.39 is 159 Å². The van der Waals surface area contributed by atoms with Gasteiger partial charge in [0.25, 0.3) is 17.1 Å². The summed E-state index contributed by atoms with van der Waals surface area (Å²) in [5.74, 6) is -1.74. The Hall–Kier alpha value is -5.00. The van der Waals surface area contributed by atoms with Crippen LogP contribution in [0.5, 0.6) is 0 Å².